The molecule has 0 N–H and O–H groups in total. The number of rotatable bonds is 18. The second-order valence-corrected chi connectivity index (χ2v) is 19.8. The maximum Gasteiger partial charge on any atom is 0.150 e. The fourth-order valence-corrected chi connectivity index (χ4v) is 12.3. The number of aldehydes is 2. The van der Waals surface area contributed by atoms with E-state index in [0.717, 1.165) is 92.1 Å². The lowest BCUT2D eigenvalue weighted by Crippen LogP contribution is -2.41. The molecular weight excluding hydrogens is 877 g/mol. The molecule has 354 valence electrons. The molecule has 2 atom stereocenters. The molecule has 9 aromatic carbocycles. The molecule has 0 aliphatic heterocycles. The molecule has 2 unspecified atom stereocenters. The fraction of sp³-hybridized carbons (Fsp3) is 0.176. The van der Waals surface area contributed by atoms with E-state index < -0.39 is 0 Å². The first-order valence-electron chi connectivity index (χ1n) is 25.8. The van der Waals surface area contributed by atoms with Crippen molar-refractivity contribution in [2.45, 2.75) is 69.7 Å². The number of aryl methyl sites for hydroxylation is 2. The van der Waals surface area contributed by atoms with Crippen LogP contribution >= 0.6 is 0 Å². The van der Waals surface area contributed by atoms with Crippen LogP contribution in [-0.4, -0.2) is 18.6 Å². The van der Waals surface area contributed by atoms with E-state index in [4.69, 9.17) is 0 Å². The maximum absolute atomic E-state index is 11.8. The summed E-state index contributed by atoms with van der Waals surface area (Å²) in [5.41, 5.74) is 15.0. The molecule has 9 aromatic rings. The molecule has 0 amide bonds. The second kappa shape index (κ2) is 20.7. The smallest absolute Gasteiger partial charge is 0.150 e. The Labute approximate surface area is 424 Å². The van der Waals surface area contributed by atoms with Crippen molar-refractivity contribution < 1.29 is 9.59 Å². The van der Waals surface area contributed by atoms with Crippen LogP contribution in [0.4, 0.5) is 28.4 Å². The van der Waals surface area contributed by atoms with Crippen molar-refractivity contribution in [1.29, 1.82) is 0 Å². The van der Waals surface area contributed by atoms with Gasteiger partial charge in [0.15, 0.2) is 0 Å². The van der Waals surface area contributed by atoms with Gasteiger partial charge in [-0.3, -0.25) is 9.59 Å². The van der Waals surface area contributed by atoms with Gasteiger partial charge in [0, 0.05) is 56.0 Å². The largest absolute Gasteiger partial charge is 0.333 e. The molecule has 0 radical (unpaired) electrons. The standard InChI is InChI=1S/C68H60N2O2/c1-49-64(70(57-32-6-3-7-33-57)66-37-19-29-55-27-9-11-35-60(55)66)41-40-62-61-39-38-58(69(56-30-4-2-5-31-56)65-36-18-28-54-26-8-10-34-59(54)65)46-63(61)68(67(49)62,42-14-12-20-50-22-16-24-52(44-50)47-71)43-15-13-21-51-23-17-25-53(45-51)48-72/h2-11,16-19,22-41,44-49,64H,12-15,20-21,42-43H2,1H3. The Balaban J connectivity index is 1.07. The number of fused-ring (bicyclic) bond motifs is 4. The van der Waals surface area contributed by atoms with Crippen LogP contribution in [0.25, 0.3) is 27.1 Å². The number of carbonyl (C=O) groups is 2. The lowest BCUT2D eigenvalue weighted by Gasteiger charge is -2.44. The molecule has 0 spiro atoms. The Morgan fingerprint density at radius 1 is 0.486 bits per heavy atom. The molecule has 2 aliphatic rings. The Kier molecular flexibility index (Phi) is 13.3. The summed E-state index contributed by atoms with van der Waals surface area (Å²) in [7, 11) is 0. The second-order valence-electron chi connectivity index (χ2n) is 19.8. The minimum atomic E-state index is -0.291. The number of benzene rings is 9. The summed E-state index contributed by atoms with van der Waals surface area (Å²) in [6.45, 7) is 2.49. The molecule has 0 fully saturated rings. The third kappa shape index (κ3) is 8.99. The van der Waals surface area contributed by atoms with Gasteiger partial charge in [0.05, 0.1) is 11.7 Å². The summed E-state index contributed by atoms with van der Waals surface area (Å²) >= 11 is 0. The molecular formula is C68H60N2O2. The lowest BCUT2D eigenvalue weighted by atomic mass is 9.64. The highest BCUT2D eigenvalue weighted by molar-refractivity contribution is 6.00. The quantitative estimate of drug-likeness (QED) is 0.0635. The molecule has 2 aliphatic carbocycles. The summed E-state index contributed by atoms with van der Waals surface area (Å²) in [6.07, 6.45) is 14.7. The Morgan fingerprint density at radius 3 is 1.62 bits per heavy atom. The third-order valence-electron chi connectivity index (χ3n) is 15.5. The predicted octanol–water partition coefficient (Wildman–Crippen LogP) is 17.3. The Morgan fingerprint density at radius 2 is 1.01 bits per heavy atom. The summed E-state index contributed by atoms with van der Waals surface area (Å²) in [4.78, 5) is 28.7. The summed E-state index contributed by atoms with van der Waals surface area (Å²) < 4.78 is 0. The molecule has 4 nitrogen and oxygen atoms in total. The van der Waals surface area contributed by atoms with E-state index in [2.05, 4.69) is 217 Å². The van der Waals surface area contributed by atoms with Crippen molar-refractivity contribution in [2.75, 3.05) is 9.80 Å². The normalized spacial score (nSPS) is 15.6. The van der Waals surface area contributed by atoms with E-state index >= 15 is 0 Å². The molecule has 0 saturated heterocycles. The fourth-order valence-electron chi connectivity index (χ4n) is 12.3. The van der Waals surface area contributed by atoms with Crippen molar-refractivity contribution in [3.8, 4) is 0 Å². The SMILES string of the molecule is CC1C2=C(C=CC1N(c1ccccc1)c1cccc3ccccc13)c1ccc(N(c3ccccc3)c3cccc4ccccc34)cc1C2(CCCCc1cccc(C=O)c1)CCCCc1cccc(C=O)c1. The number of anilines is 5. The van der Waals surface area contributed by atoms with Crippen molar-refractivity contribution in [3.63, 3.8) is 0 Å². The van der Waals surface area contributed by atoms with Gasteiger partial charge in [0.25, 0.3) is 0 Å². The molecule has 72 heavy (non-hydrogen) atoms. The highest BCUT2D eigenvalue weighted by atomic mass is 16.1. The van der Waals surface area contributed by atoms with E-state index in [9.17, 15) is 9.59 Å². The van der Waals surface area contributed by atoms with E-state index in [1.165, 1.54) is 66.3 Å². The van der Waals surface area contributed by atoms with Crippen LogP contribution in [-0.2, 0) is 18.3 Å². The maximum atomic E-state index is 11.8. The number of para-hydroxylation sites is 2. The third-order valence-corrected chi connectivity index (χ3v) is 15.5. The van der Waals surface area contributed by atoms with Gasteiger partial charge in [-0.05, 0) is 143 Å². The molecule has 0 bridgehead atoms. The van der Waals surface area contributed by atoms with Gasteiger partial charge in [0.1, 0.15) is 12.6 Å². The van der Waals surface area contributed by atoms with Gasteiger partial charge in [-0.15, -0.1) is 0 Å². The van der Waals surface area contributed by atoms with Crippen molar-refractivity contribution in [1.82, 2.24) is 0 Å². The number of allylic oxidation sites excluding steroid dienone is 2. The van der Waals surface area contributed by atoms with Gasteiger partial charge in [-0.1, -0.05) is 184 Å². The van der Waals surface area contributed by atoms with Gasteiger partial charge in [-0.2, -0.15) is 0 Å². The van der Waals surface area contributed by atoms with Crippen molar-refractivity contribution >= 4 is 68.1 Å². The number of unbranched alkanes of at least 4 members (excludes halogenated alkanes) is 2. The Bertz CT molecular complexity index is 3390. The first kappa shape index (κ1) is 46.3. The first-order valence-corrected chi connectivity index (χ1v) is 25.8. The minimum absolute atomic E-state index is 0.0266. The highest BCUT2D eigenvalue weighted by Crippen LogP contribution is 2.59. The van der Waals surface area contributed by atoms with Crippen molar-refractivity contribution in [3.05, 3.63) is 263 Å². The zero-order chi connectivity index (χ0) is 48.9. The number of nitrogens with zero attached hydrogens (tertiary/aromatic N) is 2. The van der Waals surface area contributed by atoms with Crippen LogP contribution in [0, 0.1) is 5.92 Å². The van der Waals surface area contributed by atoms with E-state index in [0.29, 0.717) is 0 Å². The summed E-state index contributed by atoms with van der Waals surface area (Å²) in [6, 6.07) is 76.3. The zero-order valence-electron chi connectivity index (χ0n) is 41.0. The Hall–Kier alpha value is -8.08. The average Bonchev–Trinajstić information content (AvgIpc) is 3.71. The average molecular weight is 937 g/mol. The predicted molar refractivity (Wildman–Crippen MR) is 301 cm³/mol. The van der Waals surface area contributed by atoms with Crippen LogP contribution in [0.1, 0.15) is 88.4 Å². The van der Waals surface area contributed by atoms with Gasteiger partial charge < -0.3 is 9.80 Å². The van der Waals surface area contributed by atoms with Gasteiger partial charge >= 0.3 is 0 Å². The van der Waals surface area contributed by atoms with E-state index in [1.54, 1.807) is 0 Å². The van der Waals surface area contributed by atoms with Gasteiger partial charge in [0.2, 0.25) is 0 Å². The lowest BCUT2D eigenvalue weighted by molar-refractivity contribution is 0.111. The number of hydrogen-bond donors (Lipinski definition) is 0. The first-order chi connectivity index (χ1) is 35.5. The highest BCUT2D eigenvalue weighted by Gasteiger charge is 2.49. The van der Waals surface area contributed by atoms with Crippen LogP contribution in [0.2, 0.25) is 0 Å². The van der Waals surface area contributed by atoms with Gasteiger partial charge in [-0.25, -0.2) is 0 Å². The van der Waals surface area contributed by atoms with Crippen LogP contribution in [0.5, 0.6) is 0 Å². The number of hydrogen-bond acceptors (Lipinski definition) is 4. The molecule has 11 rings (SSSR count). The molecule has 4 heteroatoms. The molecule has 0 saturated carbocycles. The summed E-state index contributed by atoms with van der Waals surface area (Å²) in [5.74, 6) is 0.136. The van der Waals surface area contributed by atoms with E-state index in [-0.39, 0.29) is 17.4 Å². The van der Waals surface area contributed by atoms with Crippen LogP contribution in [0.3, 0.4) is 0 Å². The topological polar surface area (TPSA) is 40.6 Å². The number of carbonyl (C=O) groups excluding carboxylic acids is 2. The molecule has 0 heterocycles. The van der Waals surface area contributed by atoms with Crippen molar-refractivity contribution in [2.24, 2.45) is 5.92 Å². The zero-order valence-corrected chi connectivity index (χ0v) is 41.0. The van der Waals surface area contributed by atoms with Crippen LogP contribution in [0.15, 0.2) is 230 Å². The van der Waals surface area contributed by atoms with Crippen LogP contribution < -0.4 is 9.80 Å². The van der Waals surface area contributed by atoms with E-state index in [1.807, 2.05) is 24.3 Å². The summed E-state index contributed by atoms with van der Waals surface area (Å²) in [5, 5.41) is 4.88. The minimum Gasteiger partial charge on any atom is -0.333 e. The monoisotopic (exact) mass is 936 g/mol. The molecule has 0 aromatic heterocycles.